The van der Waals surface area contributed by atoms with Crippen LogP contribution in [0.5, 0.6) is 0 Å². The maximum Gasteiger partial charge on any atom is 0.248 e. The first kappa shape index (κ1) is 23.4. The van der Waals surface area contributed by atoms with E-state index < -0.39 is 16.1 Å². The highest BCUT2D eigenvalue weighted by Gasteiger charge is 2.53. The third-order valence-electron chi connectivity index (χ3n) is 6.76. The van der Waals surface area contributed by atoms with E-state index in [0.717, 1.165) is 38.0 Å². The van der Waals surface area contributed by atoms with Crippen molar-refractivity contribution in [3.63, 3.8) is 0 Å². The van der Waals surface area contributed by atoms with Crippen LogP contribution < -0.4 is 10.2 Å². The van der Waals surface area contributed by atoms with Crippen molar-refractivity contribution in [1.82, 2.24) is 9.21 Å². The number of hydrogen-bond donors (Lipinski definition) is 1. The molecule has 10 heteroatoms. The Morgan fingerprint density at radius 1 is 1.25 bits per heavy atom. The molecular formula is C22H32N4O4S2. The number of amides is 2. The van der Waals surface area contributed by atoms with Gasteiger partial charge in [-0.25, -0.2) is 8.42 Å². The maximum absolute atomic E-state index is 13.3. The molecule has 3 heterocycles. The Kier molecular flexibility index (Phi) is 6.48. The van der Waals surface area contributed by atoms with Crippen molar-refractivity contribution in [3.8, 4) is 0 Å². The number of thioether (sulfide) groups is 1. The molecule has 8 nitrogen and oxygen atoms in total. The molecule has 3 aliphatic rings. The first-order valence-corrected chi connectivity index (χ1v) is 13.8. The topological polar surface area (TPSA) is 90.0 Å². The second-order valence-electron chi connectivity index (χ2n) is 8.72. The lowest BCUT2D eigenvalue weighted by Gasteiger charge is -2.30. The molecule has 0 aromatic heterocycles. The van der Waals surface area contributed by atoms with Crippen LogP contribution in [0.15, 0.2) is 23.1 Å². The molecule has 0 spiro atoms. The smallest absolute Gasteiger partial charge is 0.248 e. The molecular weight excluding hydrogens is 448 g/mol. The molecule has 3 saturated heterocycles. The molecule has 32 heavy (non-hydrogen) atoms. The number of anilines is 2. The van der Waals surface area contributed by atoms with Crippen molar-refractivity contribution in [1.29, 1.82) is 0 Å². The molecule has 0 saturated carbocycles. The third kappa shape index (κ3) is 4.01. The van der Waals surface area contributed by atoms with Crippen molar-refractivity contribution >= 4 is 45.0 Å². The summed E-state index contributed by atoms with van der Waals surface area (Å²) in [5.41, 5.74) is 1.32. The molecule has 1 N–H and O–H groups in total. The minimum absolute atomic E-state index is 0.00952. The van der Waals surface area contributed by atoms with Crippen molar-refractivity contribution in [3.05, 3.63) is 18.2 Å². The van der Waals surface area contributed by atoms with E-state index in [1.807, 2.05) is 20.8 Å². The summed E-state index contributed by atoms with van der Waals surface area (Å²) >= 11 is 1.64. The van der Waals surface area contributed by atoms with E-state index in [1.165, 1.54) is 4.31 Å². The zero-order chi connectivity index (χ0) is 23.1. The van der Waals surface area contributed by atoms with Crippen LogP contribution in [0.2, 0.25) is 0 Å². The van der Waals surface area contributed by atoms with E-state index >= 15 is 0 Å². The fraction of sp³-hybridized carbons (Fsp3) is 0.636. The largest absolute Gasteiger partial charge is 0.370 e. The molecule has 0 aliphatic carbocycles. The van der Waals surface area contributed by atoms with Crippen LogP contribution in [0.3, 0.4) is 0 Å². The highest BCUT2D eigenvalue weighted by molar-refractivity contribution is 8.01. The normalized spacial score (nSPS) is 25.6. The van der Waals surface area contributed by atoms with Gasteiger partial charge in [0, 0.05) is 38.4 Å². The van der Waals surface area contributed by atoms with Crippen molar-refractivity contribution < 1.29 is 18.0 Å². The lowest BCUT2D eigenvalue weighted by Crippen LogP contribution is -2.48. The lowest BCUT2D eigenvalue weighted by molar-refractivity contribution is -0.135. The van der Waals surface area contributed by atoms with Gasteiger partial charge in [0.1, 0.15) is 6.04 Å². The summed E-state index contributed by atoms with van der Waals surface area (Å²) in [6.45, 7) is 8.13. The molecule has 0 radical (unpaired) electrons. The van der Waals surface area contributed by atoms with Crippen LogP contribution in [0.25, 0.3) is 0 Å². The number of nitrogens with one attached hydrogen (secondary N) is 1. The molecule has 4 rings (SSSR count). The second kappa shape index (κ2) is 8.87. The highest BCUT2D eigenvalue weighted by atomic mass is 32.2. The zero-order valence-electron chi connectivity index (χ0n) is 19.0. The minimum Gasteiger partial charge on any atom is -0.370 e. The number of fused-ring (bicyclic) bond motifs is 1. The lowest BCUT2D eigenvalue weighted by atomic mass is 10.2. The number of sulfonamides is 1. The summed E-state index contributed by atoms with van der Waals surface area (Å²) in [6, 6.07) is 4.45. The number of carbonyl (C=O) groups is 2. The van der Waals surface area contributed by atoms with E-state index in [4.69, 9.17) is 0 Å². The Balaban J connectivity index is 1.66. The third-order valence-corrected chi connectivity index (χ3v) is 10.3. The molecule has 2 amide bonds. The van der Waals surface area contributed by atoms with Gasteiger partial charge in [0.2, 0.25) is 21.8 Å². The standard InChI is InChI=1S/C22H32N4O4S2/c1-4-25(5-2)32(29,30)16-8-9-18(24-12-6-7-13-24)17(14-16)23-21(28)19-15-31-22(3)11-10-20(27)26(19)22/h8-9,14,19H,4-7,10-13,15H2,1-3H3,(H,23,28)/t19-,22-/m1/s1. The minimum atomic E-state index is -3.66. The Bertz CT molecular complexity index is 1010. The average molecular weight is 481 g/mol. The van der Waals surface area contributed by atoms with Crippen LogP contribution >= 0.6 is 11.8 Å². The predicted molar refractivity (Wildman–Crippen MR) is 127 cm³/mol. The summed E-state index contributed by atoms with van der Waals surface area (Å²) in [5.74, 6) is 0.300. The SMILES string of the molecule is CCN(CC)S(=O)(=O)c1ccc(N2CCCC2)c(NC(=O)[C@H]2CS[C@]3(C)CCC(=O)N23)c1. The first-order chi connectivity index (χ1) is 15.2. The monoisotopic (exact) mass is 480 g/mol. The summed E-state index contributed by atoms with van der Waals surface area (Å²) in [4.78, 5) is 29.5. The van der Waals surface area contributed by atoms with Crippen LogP contribution in [-0.4, -0.2) is 72.3 Å². The fourth-order valence-electron chi connectivity index (χ4n) is 4.95. The zero-order valence-corrected chi connectivity index (χ0v) is 20.6. The van der Waals surface area contributed by atoms with E-state index in [9.17, 15) is 18.0 Å². The first-order valence-electron chi connectivity index (χ1n) is 11.4. The van der Waals surface area contributed by atoms with Crippen molar-refractivity contribution in [2.75, 3.05) is 42.1 Å². The Hall–Kier alpha value is -1.78. The van der Waals surface area contributed by atoms with Gasteiger partial charge in [-0.1, -0.05) is 13.8 Å². The fourth-order valence-corrected chi connectivity index (χ4v) is 7.87. The summed E-state index contributed by atoms with van der Waals surface area (Å²) in [6.07, 6.45) is 3.33. The van der Waals surface area contributed by atoms with E-state index in [2.05, 4.69) is 10.2 Å². The Morgan fingerprint density at radius 2 is 1.94 bits per heavy atom. The number of hydrogen-bond acceptors (Lipinski definition) is 6. The van der Waals surface area contributed by atoms with Crippen LogP contribution in [0, 0.1) is 0 Å². The highest BCUT2D eigenvalue weighted by Crippen LogP contribution is 2.47. The van der Waals surface area contributed by atoms with Gasteiger partial charge in [-0.3, -0.25) is 9.59 Å². The van der Waals surface area contributed by atoms with Gasteiger partial charge in [-0.15, -0.1) is 11.8 Å². The van der Waals surface area contributed by atoms with E-state index in [1.54, 1.807) is 34.9 Å². The van der Waals surface area contributed by atoms with Gasteiger partial charge in [0.25, 0.3) is 0 Å². The molecule has 1 aromatic rings. The van der Waals surface area contributed by atoms with Crippen LogP contribution in [-0.2, 0) is 19.6 Å². The van der Waals surface area contributed by atoms with Gasteiger partial charge >= 0.3 is 0 Å². The van der Waals surface area contributed by atoms with Crippen LogP contribution in [0.1, 0.15) is 46.5 Å². The van der Waals surface area contributed by atoms with E-state index in [-0.39, 0.29) is 21.6 Å². The van der Waals surface area contributed by atoms with Gasteiger partial charge in [0.05, 0.1) is 21.1 Å². The van der Waals surface area contributed by atoms with Crippen molar-refractivity contribution in [2.45, 2.75) is 62.3 Å². The van der Waals surface area contributed by atoms with E-state index in [0.29, 0.717) is 31.0 Å². The summed E-state index contributed by atoms with van der Waals surface area (Å²) < 4.78 is 27.6. The Labute approximate surface area is 194 Å². The van der Waals surface area contributed by atoms with Crippen LogP contribution in [0.4, 0.5) is 11.4 Å². The van der Waals surface area contributed by atoms with Gasteiger partial charge in [0.15, 0.2) is 0 Å². The number of carbonyl (C=O) groups excluding carboxylic acids is 2. The molecule has 176 valence electrons. The average Bonchev–Trinajstić information content (AvgIpc) is 3.47. The second-order valence-corrected chi connectivity index (χ2v) is 12.2. The summed E-state index contributed by atoms with van der Waals surface area (Å²) in [5, 5.41) is 3.00. The molecule has 0 bridgehead atoms. The molecule has 3 fully saturated rings. The number of rotatable bonds is 7. The quantitative estimate of drug-likeness (QED) is 0.645. The molecule has 0 unspecified atom stereocenters. The predicted octanol–water partition coefficient (Wildman–Crippen LogP) is 2.71. The number of nitrogens with zero attached hydrogens (tertiary/aromatic N) is 3. The maximum atomic E-state index is 13.3. The summed E-state index contributed by atoms with van der Waals surface area (Å²) in [7, 11) is -3.66. The van der Waals surface area contributed by atoms with Gasteiger partial charge < -0.3 is 15.1 Å². The van der Waals surface area contributed by atoms with Crippen molar-refractivity contribution in [2.24, 2.45) is 0 Å². The van der Waals surface area contributed by atoms with Gasteiger partial charge in [-0.2, -0.15) is 4.31 Å². The van der Waals surface area contributed by atoms with Gasteiger partial charge in [-0.05, 0) is 44.4 Å². The molecule has 1 aromatic carbocycles. The Morgan fingerprint density at radius 3 is 2.59 bits per heavy atom. The molecule has 2 atom stereocenters. The number of benzene rings is 1. The molecule has 3 aliphatic heterocycles.